The van der Waals surface area contributed by atoms with E-state index in [1.165, 1.54) is 11.4 Å². The van der Waals surface area contributed by atoms with Gasteiger partial charge in [-0.15, -0.1) is 0 Å². The summed E-state index contributed by atoms with van der Waals surface area (Å²) in [6, 6.07) is 16.8. The molecule has 186 valence electrons. The summed E-state index contributed by atoms with van der Waals surface area (Å²) in [7, 11) is 5.73. The number of nitrogens with zero attached hydrogens (tertiary/aromatic N) is 5. The maximum absolute atomic E-state index is 5.38. The lowest BCUT2D eigenvalue weighted by atomic mass is 10.2. The predicted octanol–water partition coefficient (Wildman–Crippen LogP) is 2.58. The Balaban J connectivity index is 1.11. The molecule has 0 bridgehead atoms. The van der Waals surface area contributed by atoms with Crippen molar-refractivity contribution in [2.24, 2.45) is 0 Å². The van der Waals surface area contributed by atoms with Crippen molar-refractivity contribution in [1.29, 1.82) is 0 Å². The number of rotatable bonds is 10. The van der Waals surface area contributed by atoms with Crippen molar-refractivity contribution in [3.8, 4) is 11.5 Å². The second kappa shape index (κ2) is 12.3. The predicted molar refractivity (Wildman–Crippen MR) is 141 cm³/mol. The minimum Gasteiger partial charge on any atom is -0.497 e. The Morgan fingerprint density at radius 1 is 0.647 bits per heavy atom. The van der Waals surface area contributed by atoms with Crippen molar-refractivity contribution in [3.63, 3.8) is 0 Å². The lowest BCUT2D eigenvalue weighted by molar-refractivity contribution is 0.187. The standard InChI is InChI=1S/C27H41N5O2/c1-28(10-12-29-14-18-31(19-15-29)24-6-4-8-26(22-24)33-2)11-13-30-16-20-32(21-17-30)25-7-5-9-27(23-25)34-3/h4-9,22-23H,10-21H2,1-3H3. The van der Waals surface area contributed by atoms with E-state index < -0.39 is 0 Å². The van der Waals surface area contributed by atoms with E-state index in [1.807, 2.05) is 12.1 Å². The largest absolute Gasteiger partial charge is 0.497 e. The van der Waals surface area contributed by atoms with Crippen LogP contribution in [0.3, 0.4) is 0 Å². The third kappa shape index (κ3) is 6.78. The lowest BCUT2D eigenvalue weighted by Gasteiger charge is -2.38. The average Bonchev–Trinajstić information content (AvgIpc) is 2.91. The number of likely N-dealkylation sites (N-methyl/N-ethyl adjacent to an activating group) is 1. The number of hydrogen-bond donors (Lipinski definition) is 0. The Morgan fingerprint density at radius 2 is 1.06 bits per heavy atom. The molecule has 2 saturated heterocycles. The number of ether oxygens (including phenoxy) is 2. The highest BCUT2D eigenvalue weighted by atomic mass is 16.5. The topological polar surface area (TPSA) is 34.7 Å². The fraction of sp³-hybridized carbons (Fsp3) is 0.556. The molecule has 2 aliphatic heterocycles. The molecule has 4 rings (SSSR count). The summed E-state index contributed by atoms with van der Waals surface area (Å²) in [4.78, 5) is 12.6. The van der Waals surface area contributed by atoms with Gasteiger partial charge in [-0.2, -0.15) is 0 Å². The molecule has 0 amide bonds. The van der Waals surface area contributed by atoms with Crippen molar-refractivity contribution in [3.05, 3.63) is 48.5 Å². The van der Waals surface area contributed by atoms with Crippen molar-refractivity contribution in [2.45, 2.75) is 0 Å². The number of piperazine rings is 2. The third-order valence-corrected chi connectivity index (χ3v) is 7.18. The van der Waals surface area contributed by atoms with Crippen LogP contribution in [0.4, 0.5) is 11.4 Å². The fourth-order valence-electron chi connectivity index (χ4n) is 4.81. The monoisotopic (exact) mass is 467 g/mol. The fourth-order valence-corrected chi connectivity index (χ4v) is 4.81. The Kier molecular flexibility index (Phi) is 8.91. The highest BCUT2D eigenvalue weighted by Crippen LogP contribution is 2.23. The summed E-state index contributed by atoms with van der Waals surface area (Å²) in [5.41, 5.74) is 2.53. The van der Waals surface area contributed by atoms with Crippen molar-refractivity contribution in [1.82, 2.24) is 14.7 Å². The van der Waals surface area contributed by atoms with Gasteiger partial charge >= 0.3 is 0 Å². The first-order valence-electron chi connectivity index (χ1n) is 12.6. The van der Waals surface area contributed by atoms with Crippen LogP contribution in [0.1, 0.15) is 0 Å². The van der Waals surface area contributed by atoms with Crippen LogP contribution < -0.4 is 19.3 Å². The van der Waals surface area contributed by atoms with Gasteiger partial charge in [0.1, 0.15) is 11.5 Å². The molecule has 0 radical (unpaired) electrons. The summed E-state index contributed by atoms with van der Waals surface area (Å²) in [6.45, 7) is 13.3. The van der Waals surface area contributed by atoms with E-state index >= 15 is 0 Å². The second-order valence-electron chi connectivity index (χ2n) is 9.36. The molecular formula is C27H41N5O2. The maximum atomic E-state index is 5.38. The van der Waals surface area contributed by atoms with E-state index in [0.29, 0.717) is 0 Å². The minimum atomic E-state index is 0.934. The molecule has 0 N–H and O–H groups in total. The Morgan fingerprint density at radius 3 is 1.44 bits per heavy atom. The Labute approximate surface area is 205 Å². The zero-order valence-electron chi connectivity index (χ0n) is 21.2. The normalized spacial score (nSPS) is 17.9. The van der Waals surface area contributed by atoms with Crippen LogP contribution in [0.25, 0.3) is 0 Å². The van der Waals surface area contributed by atoms with Crippen LogP contribution in [0.15, 0.2) is 48.5 Å². The molecule has 2 aromatic carbocycles. The number of hydrogen-bond acceptors (Lipinski definition) is 7. The van der Waals surface area contributed by atoms with Gasteiger partial charge in [0.25, 0.3) is 0 Å². The van der Waals surface area contributed by atoms with Gasteiger partial charge in [-0.25, -0.2) is 0 Å². The van der Waals surface area contributed by atoms with Gasteiger partial charge in [-0.3, -0.25) is 9.80 Å². The Hall–Kier alpha value is -2.48. The van der Waals surface area contributed by atoms with E-state index in [-0.39, 0.29) is 0 Å². The van der Waals surface area contributed by atoms with Crippen LogP contribution in [0.5, 0.6) is 11.5 Å². The van der Waals surface area contributed by atoms with Gasteiger partial charge in [-0.1, -0.05) is 12.1 Å². The van der Waals surface area contributed by atoms with Gasteiger partial charge in [0.05, 0.1) is 14.2 Å². The van der Waals surface area contributed by atoms with Crippen LogP contribution in [0.2, 0.25) is 0 Å². The van der Waals surface area contributed by atoms with Crippen molar-refractivity contribution >= 4 is 11.4 Å². The zero-order chi connectivity index (χ0) is 23.8. The lowest BCUT2D eigenvalue weighted by Crippen LogP contribution is -2.50. The SMILES string of the molecule is COc1cccc(N2CCN(CCN(C)CCN3CCN(c4cccc(OC)c4)CC3)CC2)c1. The van der Waals surface area contributed by atoms with Gasteiger partial charge in [0, 0.05) is 102 Å². The van der Waals surface area contributed by atoms with Crippen molar-refractivity contribution in [2.75, 3.05) is 110 Å². The summed E-state index contributed by atoms with van der Waals surface area (Å²) in [5, 5.41) is 0. The smallest absolute Gasteiger partial charge is 0.120 e. The average molecular weight is 468 g/mol. The summed E-state index contributed by atoms with van der Waals surface area (Å²) in [6.07, 6.45) is 0. The van der Waals surface area contributed by atoms with E-state index in [0.717, 1.165) is 90.0 Å². The van der Waals surface area contributed by atoms with E-state index in [2.05, 4.69) is 67.9 Å². The van der Waals surface area contributed by atoms with Crippen LogP contribution >= 0.6 is 0 Å². The molecule has 34 heavy (non-hydrogen) atoms. The summed E-state index contributed by atoms with van der Waals surface area (Å²) >= 11 is 0. The van der Waals surface area contributed by atoms with E-state index in [4.69, 9.17) is 9.47 Å². The molecule has 0 spiro atoms. The molecule has 0 saturated carbocycles. The molecule has 0 aromatic heterocycles. The Bertz CT molecular complexity index is 807. The molecule has 7 heteroatoms. The van der Waals surface area contributed by atoms with Gasteiger partial charge in [-0.05, 0) is 31.3 Å². The number of benzene rings is 2. The van der Waals surface area contributed by atoms with E-state index in [9.17, 15) is 0 Å². The molecule has 2 aromatic rings. The molecular weight excluding hydrogens is 426 g/mol. The quantitative estimate of drug-likeness (QED) is 0.531. The highest BCUT2D eigenvalue weighted by molar-refractivity contribution is 5.52. The molecule has 2 heterocycles. The molecule has 0 aliphatic carbocycles. The number of methoxy groups -OCH3 is 2. The number of anilines is 2. The molecule has 2 aliphatic rings. The third-order valence-electron chi connectivity index (χ3n) is 7.18. The first-order valence-corrected chi connectivity index (χ1v) is 12.6. The minimum absolute atomic E-state index is 0.934. The van der Waals surface area contributed by atoms with Crippen LogP contribution in [-0.2, 0) is 0 Å². The second-order valence-corrected chi connectivity index (χ2v) is 9.36. The first kappa shape index (κ1) is 24.6. The van der Waals surface area contributed by atoms with Crippen LogP contribution in [-0.4, -0.2) is 115 Å². The maximum Gasteiger partial charge on any atom is 0.120 e. The van der Waals surface area contributed by atoms with Crippen LogP contribution in [0, 0.1) is 0 Å². The van der Waals surface area contributed by atoms with Gasteiger partial charge in [0.2, 0.25) is 0 Å². The molecule has 7 nitrogen and oxygen atoms in total. The van der Waals surface area contributed by atoms with Crippen molar-refractivity contribution < 1.29 is 9.47 Å². The molecule has 2 fully saturated rings. The first-order chi connectivity index (χ1) is 16.6. The highest BCUT2D eigenvalue weighted by Gasteiger charge is 2.19. The molecule has 0 unspecified atom stereocenters. The summed E-state index contributed by atoms with van der Waals surface area (Å²) < 4.78 is 10.8. The van der Waals surface area contributed by atoms with E-state index in [1.54, 1.807) is 14.2 Å². The molecule has 0 atom stereocenters. The summed E-state index contributed by atoms with van der Waals surface area (Å²) in [5.74, 6) is 1.87. The zero-order valence-corrected chi connectivity index (χ0v) is 21.2. The van der Waals surface area contributed by atoms with Gasteiger partial charge in [0.15, 0.2) is 0 Å². The van der Waals surface area contributed by atoms with Gasteiger partial charge < -0.3 is 24.2 Å².